The molecule has 0 amide bonds. The van der Waals surface area contributed by atoms with Gasteiger partial charge in [0.15, 0.2) is 0 Å². The Kier molecular flexibility index (Phi) is 4.11. The Morgan fingerprint density at radius 3 is 2.88 bits per heavy atom. The zero-order valence-electron chi connectivity index (χ0n) is 13.4. The highest BCUT2D eigenvalue weighted by molar-refractivity contribution is 7.13. The minimum Gasteiger partial charge on any atom is -0.345 e. The van der Waals surface area contributed by atoms with E-state index in [-0.39, 0.29) is 6.04 Å². The van der Waals surface area contributed by atoms with Crippen LogP contribution in [0, 0.1) is 0 Å². The van der Waals surface area contributed by atoms with Crippen molar-refractivity contribution in [3.8, 4) is 10.6 Å². The number of rotatable bonds is 5. The highest BCUT2D eigenvalue weighted by atomic mass is 32.1. The monoisotopic (exact) mass is 334 g/mol. The Hall–Kier alpha value is -2.50. The van der Waals surface area contributed by atoms with Crippen LogP contribution < -0.4 is 5.32 Å². The summed E-state index contributed by atoms with van der Waals surface area (Å²) in [4.78, 5) is 11.9. The number of nitrogens with zero attached hydrogens (tertiary/aromatic N) is 2. The summed E-state index contributed by atoms with van der Waals surface area (Å²) in [6.45, 7) is 3.03. The maximum absolute atomic E-state index is 4.42. The minimum absolute atomic E-state index is 0.141. The molecule has 2 heterocycles. The first-order chi connectivity index (χ1) is 11.8. The Bertz CT molecular complexity index is 943. The molecule has 0 spiro atoms. The molecule has 0 aliphatic rings. The summed E-state index contributed by atoms with van der Waals surface area (Å²) in [5.74, 6) is 0. The van der Waals surface area contributed by atoms with Crippen molar-refractivity contribution in [1.29, 1.82) is 0 Å². The smallest absolute Gasteiger partial charge is 0.123 e. The molecule has 0 aliphatic heterocycles. The van der Waals surface area contributed by atoms with Gasteiger partial charge in [0.1, 0.15) is 5.01 Å². The van der Waals surface area contributed by atoms with Gasteiger partial charge in [-0.1, -0.05) is 31.2 Å². The Labute approximate surface area is 144 Å². The Morgan fingerprint density at radius 2 is 2.04 bits per heavy atom. The molecule has 1 atom stereocenters. The van der Waals surface area contributed by atoms with Crippen molar-refractivity contribution in [2.75, 3.05) is 6.54 Å². The van der Waals surface area contributed by atoms with Gasteiger partial charge in [0.2, 0.25) is 0 Å². The van der Waals surface area contributed by atoms with Crippen LogP contribution in [-0.2, 0) is 0 Å². The average Bonchev–Trinajstić information content (AvgIpc) is 3.30. The number of hydrogen-bond acceptors (Lipinski definition) is 4. The van der Waals surface area contributed by atoms with Crippen molar-refractivity contribution in [3.05, 3.63) is 71.5 Å². The molecule has 0 saturated heterocycles. The molecule has 0 radical (unpaired) electrons. The van der Waals surface area contributed by atoms with Gasteiger partial charge >= 0.3 is 0 Å². The van der Waals surface area contributed by atoms with E-state index in [0.717, 1.165) is 28.1 Å². The zero-order chi connectivity index (χ0) is 16.4. The maximum atomic E-state index is 4.42. The molecular formula is C19H18N4S. The summed E-state index contributed by atoms with van der Waals surface area (Å²) in [5.41, 5.74) is 5.68. The van der Waals surface area contributed by atoms with E-state index in [9.17, 15) is 0 Å². The van der Waals surface area contributed by atoms with Crippen LogP contribution >= 0.6 is 11.3 Å². The van der Waals surface area contributed by atoms with Crippen molar-refractivity contribution >= 4 is 22.4 Å². The van der Waals surface area contributed by atoms with Gasteiger partial charge in [0.25, 0.3) is 0 Å². The van der Waals surface area contributed by atoms with Crippen LogP contribution in [0.5, 0.6) is 0 Å². The molecule has 2 aromatic carbocycles. The molecule has 2 N–H and O–H groups in total. The number of fused-ring (bicyclic) bond motifs is 1. The molecule has 0 saturated carbocycles. The molecule has 0 fully saturated rings. The molecule has 4 rings (SSSR count). The highest BCUT2D eigenvalue weighted by Gasteiger charge is 2.15. The molecule has 0 bridgehead atoms. The fraction of sp³-hybridized carbons (Fsp3) is 0.158. The van der Waals surface area contributed by atoms with Crippen molar-refractivity contribution in [2.45, 2.75) is 13.0 Å². The summed E-state index contributed by atoms with van der Waals surface area (Å²) in [6, 6.07) is 15.1. The molecule has 4 nitrogen and oxygen atoms in total. The predicted octanol–water partition coefficient (Wildman–Crippen LogP) is 4.39. The molecule has 1 unspecified atom stereocenters. The third-order valence-corrected chi connectivity index (χ3v) is 4.91. The van der Waals surface area contributed by atoms with Gasteiger partial charge in [0.05, 0.1) is 23.4 Å². The lowest BCUT2D eigenvalue weighted by molar-refractivity contribution is 0.631. The van der Waals surface area contributed by atoms with Gasteiger partial charge < -0.3 is 10.3 Å². The third kappa shape index (κ3) is 2.84. The second kappa shape index (κ2) is 6.55. The number of hydrogen-bond donors (Lipinski definition) is 2. The summed E-state index contributed by atoms with van der Waals surface area (Å²) in [7, 11) is 0. The van der Waals surface area contributed by atoms with Crippen LogP contribution in [0.2, 0.25) is 0 Å². The van der Waals surface area contributed by atoms with Gasteiger partial charge in [-0.3, -0.25) is 0 Å². The molecule has 120 valence electrons. The maximum Gasteiger partial charge on any atom is 0.123 e. The summed E-state index contributed by atoms with van der Waals surface area (Å²) in [6.07, 6.45) is 3.58. The highest BCUT2D eigenvalue weighted by Crippen LogP contribution is 2.29. The van der Waals surface area contributed by atoms with Crippen LogP contribution in [0.1, 0.15) is 24.1 Å². The van der Waals surface area contributed by atoms with E-state index < -0.39 is 0 Å². The summed E-state index contributed by atoms with van der Waals surface area (Å²) >= 11 is 1.66. The molecule has 0 aliphatic carbocycles. The number of thiazole rings is 1. The lowest BCUT2D eigenvalue weighted by Crippen LogP contribution is -2.22. The van der Waals surface area contributed by atoms with E-state index in [1.807, 2.05) is 11.6 Å². The number of nitrogens with one attached hydrogen (secondary N) is 2. The van der Waals surface area contributed by atoms with E-state index in [1.54, 1.807) is 17.7 Å². The molecule has 5 heteroatoms. The largest absolute Gasteiger partial charge is 0.345 e. The Balaban J connectivity index is 1.76. The van der Waals surface area contributed by atoms with E-state index in [2.05, 4.69) is 69.7 Å². The summed E-state index contributed by atoms with van der Waals surface area (Å²) in [5, 5.41) is 6.66. The van der Waals surface area contributed by atoms with Crippen molar-refractivity contribution in [3.63, 3.8) is 0 Å². The van der Waals surface area contributed by atoms with Gasteiger partial charge in [-0.05, 0) is 35.9 Å². The van der Waals surface area contributed by atoms with Gasteiger partial charge in [-0.2, -0.15) is 0 Å². The number of imidazole rings is 1. The van der Waals surface area contributed by atoms with E-state index in [1.165, 1.54) is 11.1 Å². The van der Waals surface area contributed by atoms with Crippen LogP contribution in [0.4, 0.5) is 0 Å². The van der Waals surface area contributed by atoms with E-state index in [0.29, 0.717) is 0 Å². The molecule has 24 heavy (non-hydrogen) atoms. The molecule has 2 aromatic heterocycles. The normalized spacial score (nSPS) is 12.5. The fourth-order valence-electron chi connectivity index (χ4n) is 2.98. The second-order valence-corrected chi connectivity index (χ2v) is 6.53. The fourth-order valence-corrected chi connectivity index (χ4v) is 3.62. The van der Waals surface area contributed by atoms with Crippen LogP contribution in [0.3, 0.4) is 0 Å². The van der Waals surface area contributed by atoms with E-state index in [4.69, 9.17) is 0 Å². The topological polar surface area (TPSA) is 53.6 Å². The Morgan fingerprint density at radius 1 is 1.12 bits per heavy atom. The standard InChI is InChI=1S/C19H18N4S/c1-2-20-18(14-6-7-16-17(11-14)23-12-22-16)13-4-3-5-15(10-13)19-21-8-9-24-19/h3-12,18,20H,2H2,1H3,(H,22,23). The SMILES string of the molecule is CCNC(c1cccc(-c2nccs2)c1)c1ccc2nc[nH]c2c1. The van der Waals surface area contributed by atoms with Gasteiger partial charge in [0, 0.05) is 17.1 Å². The van der Waals surface area contributed by atoms with Gasteiger partial charge in [-0.25, -0.2) is 9.97 Å². The number of benzene rings is 2. The predicted molar refractivity (Wildman–Crippen MR) is 99.2 cm³/mol. The molecular weight excluding hydrogens is 316 g/mol. The average molecular weight is 334 g/mol. The first kappa shape index (κ1) is 15.1. The first-order valence-electron chi connectivity index (χ1n) is 8.01. The minimum atomic E-state index is 0.141. The van der Waals surface area contributed by atoms with Crippen LogP contribution in [0.25, 0.3) is 21.6 Å². The van der Waals surface area contributed by atoms with Crippen LogP contribution in [-0.4, -0.2) is 21.5 Å². The number of H-pyrrole nitrogens is 1. The lowest BCUT2D eigenvalue weighted by atomic mass is 9.96. The first-order valence-corrected chi connectivity index (χ1v) is 8.89. The lowest BCUT2D eigenvalue weighted by Gasteiger charge is -2.19. The quantitative estimate of drug-likeness (QED) is 0.569. The molecule has 4 aromatic rings. The number of aromatic amines is 1. The van der Waals surface area contributed by atoms with E-state index >= 15 is 0 Å². The second-order valence-electron chi connectivity index (χ2n) is 5.63. The van der Waals surface area contributed by atoms with Gasteiger partial charge in [-0.15, -0.1) is 11.3 Å². The zero-order valence-corrected chi connectivity index (χ0v) is 14.2. The van der Waals surface area contributed by atoms with Crippen molar-refractivity contribution < 1.29 is 0 Å². The van der Waals surface area contributed by atoms with Crippen LogP contribution in [0.15, 0.2) is 60.4 Å². The summed E-state index contributed by atoms with van der Waals surface area (Å²) < 4.78 is 0. The third-order valence-electron chi connectivity index (χ3n) is 4.09. The number of aromatic nitrogens is 3. The van der Waals surface area contributed by atoms with Crippen molar-refractivity contribution in [2.24, 2.45) is 0 Å². The van der Waals surface area contributed by atoms with Crippen molar-refractivity contribution in [1.82, 2.24) is 20.3 Å².